The van der Waals surface area contributed by atoms with Crippen LogP contribution in [0.15, 0.2) is 53.6 Å². The minimum Gasteiger partial charge on any atom is -0.325 e. The van der Waals surface area contributed by atoms with Gasteiger partial charge in [0.05, 0.1) is 4.92 Å². The molecule has 7 nitrogen and oxygen atoms in total. The molecule has 0 aliphatic rings. The molecule has 8 heteroatoms. The molecular formula is C16H15ClN4O3. The Morgan fingerprint density at radius 3 is 2.58 bits per heavy atom. The Labute approximate surface area is 143 Å². The van der Waals surface area contributed by atoms with Crippen molar-refractivity contribution in [3.05, 3.63) is 63.7 Å². The molecule has 0 saturated heterocycles. The average Bonchev–Trinajstić information content (AvgIpc) is 2.54. The molecule has 0 amide bonds. The van der Waals surface area contributed by atoms with Gasteiger partial charge in [0.2, 0.25) is 0 Å². The second-order valence-electron chi connectivity index (χ2n) is 4.92. The molecule has 2 aromatic carbocycles. The third kappa shape index (κ3) is 4.08. The Bertz CT molecular complexity index is 807. The summed E-state index contributed by atoms with van der Waals surface area (Å²) < 4.78 is 0. The van der Waals surface area contributed by atoms with Gasteiger partial charge in [-0.25, -0.2) is 0 Å². The molecule has 0 saturated carbocycles. The number of hydrazone groups is 1. The normalized spacial score (nSPS) is 11.0. The Hall–Kier alpha value is -2.93. The number of nitro groups is 1. The van der Waals surface area contributed by atoms with E-state index in [4.69, 9.17) is 11.6 Å². The van der Waals surface area contributed by atoms with Gasteiger partial charge in [-0.2, -0.15) is 5.10 Å². The summed E-state index contributed by atoms with van der Waals surface area (Å²) in [6.45, 7) is 1.36. The van der Waals surface area contributed by atoms with Crippen molar-refractivity contribution in [3.63, 3.8) is 0 Å². The van der Waals surface area contributed by atoms with Gasteiger partial charge in [0.25, 0.3) is 5.69 Å². The Balaban J connectivity index is 2.33. The second-order valence-corrected chi connectivity index (χ2v) is 5.35. The van der Waals surface area contributed by atoms with E-state index >= 15 is 0 Å². The van der Waals surface area contributed by atoms with Gasteiger partial charge in [0, 0.05) is 30.7 Å². The molecule has 0 fully saturated rings. The molecule has 2 aromatic rings. The van der Waals surface area contributed by atoms with Gasteiger partial charge in [-0.15, -0.1) is 0 Å². The van der Waals surface area contributed by atoms with Crippen molar-refractivity contribution in [2.75, 3.05) is 17.4 Å². The number of amidine groups is 1. The smallest absolute Gasteiger partial charge is 0.294 e. The number of likely N-dealkylation sites (N-methyl/N-ethyl adjacent to an activating group) is 1. The number of halogens is 1. The number of carbonyl (C=O) groups is 1. The van der Waals surface area contributed by atoms with E-state index in [0.29, 0.717) is 10.7 Å². The Morgan fingerprint density at radius 1 is 1.25 bits per heavy atom. The maximum Gasteiger partial charge on any atom is 0.294 e. The lowest BCUT2D eigenvalue weighted by Crippen LogP contribution is -2.33. The van der Waals surface area contributed by atoms with E-state index in [-0.39, 0.29) is 23.0 Å². The quantitative estimate of drug-likeness (QED) is 0.386. The van der Waals surface area contributed by atoms with Crippen LogP contribution in [0, 0.1) is 10.1 Å². The molecule has 0 aliphatic heterocycles. The van der Waals surface area contributed by atoms with Crippen molar-refractivity contribution in [1.82, 2.24) is 0 Å². The highest BCUT2D eigenvalue weighted by Gasteiger charge is 2.16. The number of rotatable bonds is 5. The zero-order chi connectivity index (χ0) is 17.7. The van der Waals surface area contributed by atoms with Crippen LogP contribution < -0.4 is 10.3 Å². The lowest BCUT2D eigenvalue weighted by Gasteiger charge is -2.19. The van der Waals surface area contributed by atoms with E-state index in [2.05, 4.69) is 10.5 Å². The molecule has 124 valence electrons. The first-order valence-electron chi connectivity index (χ1n) is 6.97. The number of carbonyl (C=O) groups excluding carboxylic acids is 1. The van der Waals surface area contributed by atoms with Crippen molar-refractivity contribution in [2.24, 2.45) is 5.10 Å². The minimum atomic E-state index is -0.522. The van der Waals surface area contributed by atoms with Crippen molar-refractivity contribution in [3.8, 4) is 0 Å². The van der Waals surface area contributed by atoms with E-state index in [1.54, 1.807) is 48.3 Å². The molecule has 0 spiro atoms. The van der Waals surface area contributed by atoms with Crippen LogP contribution >= 0.6 is 11.6 Å². The monoisotopic (exact) mass is 346 g/mol. The number of para-hydroxylation sites is 2. The van der Waals surface area contributed by atoms with Gasteiger partial charge in [-0.1, -0.05) is 29.8 Å². The van der Waals surface area contributed by atoms with Crippen molar-refractivity contribution in [1.29, 1.82) is 0 Å². The third-order valence-corrected chi connectivity index (χ3v) is 3.45. The molecule has 0 heterocycles. The number of hydrogen-bond donors (Lipinski definition) is 1. The van der Waals surface area contributed by atoms with Gasteiger partial charge in [-0.05, 0) is 24.3 Å². The van der Waals surface area contributed by atoms with Crippen molar-refractivity contribution >= 4 is 40.3 Å². The predicted molar refractivity (Wildman–Crippen MR) is 94.7 cm³/mol. The van der Waals surface area contributed by atoms with Crippen LogP contribution in [-0.2, 0) is 4.79 Å². The predicted octanol–water partition coefficient (Wildman–Crippen LogP) is 3.70. The minimum absolute atomic E-state index is 0.0930. The molecule has 0 aliphatic carbocycles. The maximum absolute atomic E-state index is 11.9. The summed E-state index contributed by atoms with van der Waals surface area (Å²) in [5.74, 6) is -0.209. The van der Waals surface area contributed by atoms with Gasteiger partial charge >= 0.3 is 0 Å². The van der Waals surface area contributed by atoms with Crippen LogP contribution in [0.2, 0.25) is 5.02 Å². The highest BCUT2D eigenvalue weighted by molar-refractivity contribution is 6.43. The van der Waals surface area contributed by atoms with E-state index < -0.39 is 4.92 Å². The van der Waals surface area contributed by atoms with Crippen molar-refractivity contribution < 1.29 is 9.72 Å². The number of Topliss-reactive ketones (excluding diaryl/α,β-unsaturated/α-hetero) is 1. The van der Waals surface area contributed by atoms with Crippen LogP contribution in [0.5, 0.6) is 0 Å². The standard InChI is InChI=1S/C16H15ClN4O3/c1-11(22)16(20(2)13-7-5-6-12(17)10-13)19-18-14-8-3-4-9-15(14)21(23)24/h3-10,18H,1-2H3. The molecular weight excluding hydrogens is 332 g/mol. The fourth-order valence-electron chi connectivity index (χ4n) is 2.04. The maximum atomic E-state index is 11.9. The van der Waals surface area contributed by atoms with E-state index in [1.165, 1.54) is 19.1 Å². The second kappa shape index (κ2) is 7.56. The summed E-state index contributed by atoms with van der Waals surface area (Å²) in [5.41, 5.74) is 3.32. The lowest BCUT2D eigenvalue weighted by molar-refractivity contribution is -0.384. The molecule has 0 aromatic heterocycles. The number of hydrogen-bond acceptors (Lipinski definition) is 5. The Morgan fingerprint density at radius 2 is 1.96 bits per heavy atom. The fourth-order valence-corrected chi connectivity index (χ4v) is 2.22. The summed E-state index contributed by atoms with van der Waals surface area (Å²) in [6.07, 6.45) is 0. The molecule has 0 atom stereocenters. The fraction of sp³-hybridized carbons (Fsp3) is 0.125. The number of benzene rings is 2. The number of ketones is 1. The molecule has 0 bridgehead atoms. The summed E-state index contributed by atoms with van der Waals surface area (Å²) >= 11 is 5.96. The summed E-state index contributed by atoms with van der Waals surface area (Å²) in [6, 6.07) is 13.0. The van der Waals surface area contributed by atoms with Gasteiger partial charge in [0.15, 0.2) is 11.6 Å². The van der Waals surface area contributed by atoms with E-state index in [0.717, 1.165) is 0 Å². The van der Waals surface area contributed by atoms with Crippen LogP contribution in [-0.4, -0.2) is 23.6 Å². The largest absolute Gasteiger partial charge is 0.325 e. The molecule has 0 radical (unpaired) electrons. The first-order valence-corrected chi connectivity index (χ1v) is 7.35. The van der Waals surface area contributed by atoms with Crippen LogP contribution in [0.25, 0.3) is 0 Å². The number of nitrogens with zero attached hydrogens (tertiary/aromatic N) is 3. The SMILES string of the molecule is CC(=O)C(=NNc1ccccc1[N+](=O)[O-])N(C)c1cccc(Cl)c1. The van der Waals surface area contributed by atoms with Gasteiger partial charge in [-0.3, -0.25) is 20.3 Å². The number of nitro benzene ring substituents is 1. The lowest BCUT2D eigenvalue weighted by atomic mass is 10.2. The van der Waals surface area contributed by atoms with Gasteiger partial charge < -0.3 is 4.90 Å². The number of nitrogens with one attached hydrogen (secondary N) is 1. The first kappa shape index (κ1) is 17.4. The zero-order valence-electron chi connectivity index (χ0n) is 13.1. The molecule has 0 unspecified atom stereocenters. The zero-order valence-corrected chi connectivity index (χ0v) is 13.8. The highest BCUT2D eigenvalue weighted by atomic mass is 35.5. The topological polar surface area (TPSA) is 87.8 Å². The van der Waals surface area contributed by atoms with Crippen LogP contribution in [0.4, 0.5) is 17.1 Å². The highest BCUT2D eigenvalue weighted by Crippen LogP contribution is 2.23. The molecule has 2 rings (SSSR count). The van der Waals surface area contributed by atoms with Gasteiger partial charge in [0.1, 0.15) is 5.69 Å². The van der Waals surface area contributed by atoms with Crippen molar-refractivity contribution in [2.45, 2.75) is 6.92 Å². The number of anilines is 2. The summed E-state index contributed by atoms with van der Waals surface area (Å²) in [5, 5.41) is 15.6. The molecule has 24 heavy (non-hydrogen) atoms. The van der Waals surface area contributed by atoms with E-state index in [1.807, 2.05) is 0 Å². The Kier molecular flexibility index (Phi) is 5.49. The summed E-state index contributed by atoms with van der Waals surface area (Å²) in [4.78, 5) is 24.0. The third-order valence-electron chi connectivity index (χ3n) is 3.21. The average molecular weight is 347 g/mol. The first-order chi connectivity index (χ1) is 11.4. The van der Waals surface area contributed by atoms with Crippen LogP contribution in [0.1, 0.15) is 6.92 Å². The van der Waals surface area contributed by atoms with E-state index in [9.17, 15) is 14.9 Å². The van der Waals surface area contributed by atoms with Crippen LogP contribution in [0.3, 0.4) is 0 Å². The molecule has 1 N–H and O–H groups in total. The summed E-state index contributed by atoms with van der Waals surface area (Å²) in [7, 11) is 1.66.